The van der Waals surface area contributed by atoms with Crippen molar-refractivity contribution in [2.24, 2.45) is 0 Å². The molecule has 140 valence electrons. The number of nitrogen functional groups attached to an aromatic ring is 1. The predicted molar refractivity (Wildman–Crippen MR) is 113 cm³/mol. The fraction of sp³-hybridized carbons (Fsp3) is 0.143. The van der Waals surface area contributed by atoms with Crippen molar-refractivity contribution in [2.75, 3.05) is 23.8 Å². The van der Waals surface area contributed by atoms with Gasteiger partial charge in [0.15, 0.2) is 5.82 Å². The number of thiophene rings is 1. The van der Waals surface area contributed by atoms with Gasteiger partial charge in [0.1, 0.15) is 17.2 Å². The van der Waals surface area contributed by atoms with Gasteiger partial charge in [-0.25, -0.2) is 4.98 Å². The van der Waals surface area contributed by atoms with E-state index in [2.05, 4.69) is 22.0 Å². The lowest BCUT2D eigenvalue weighted by Gasteiger charge is -2.31. The number of nitrogens with two attached hydrogens (primary N) is 1. The van der Waals surface area contributed by atoms with Crippen LogP contribution in [0.5, 0.6) is 5.75 Å². The summed E-state index contributed by atoms with van der Waals surface area (Å²) in [6.07, 6.45) is 0. The van der Waals surface area contributed by atoms with Gasteiger partial charge in [-0.05, 0) is 48.2 Å². The first-order chi connectivity index (χ1) is 13.6. The van der Waals surface area contributed by atoms with Gasteiger partial charge in [-0.3, -0.25) is 9.36 Å². The van der Waals surface area contributed by atoms with Crippen molar-refractivity contribution in [1.82, 2.24) is 9.55 Å². The van der Waals surface area contributed by atoms with Gasteiger partial charge in [0.2, 0.25) is 0 Å². The fourth-order valence-corrected chi connectivity index (χ4v) is 4.53. The van der Waals surface area contributed by atoms with E-state index in [0.29, 0.717) is 6.61 Å². The molecule has 4 aromatic rings. The summed E-state index contributed by atoms with van der Waals surface area (Å²) in [5, 5.41) is 1.99. The minimum atomic E-state index is -0.308. The van der Waals surface area contributed by atoms with Crippen LogP contribution < -0.4 is 20.9 Å². The molecule has 0 bridgehead atoms. The summed E-state index contributed by atoms with van der Waals surface area (Å²) in [5.74, 6) is 0.801. The zero-order valence-electron chi connectivity index (χ0n) is 15.3. The molecule has 0 saturated carbocycles. The first-order valence-corrected chi connectivity index (χ1v) is 9.87. The Morgan fingerprint density at radius 2 is 1.96 bits per heavy atom. The monoisotopic (exact) mass is 390 g/mol. The first-order valence-electron chi connectivity index (χ1n) is 8.99. The predicted octanol–water partition coefficient (Wildman–Crippen LogP) is 3.87. The third-order valence-corrected chi connectivity index (χ3v) is 5.90. The summed E-state index contributed by atoms with van der Waals surface area (Å²) in [5.41, 5.74) is 10.2. The molecule has 0 atom stereocenters. The largest absolute Gasteiger partial charge is 0.490 e. The highest BCUT2D eigenvalue weighted by atomic mass is 32.1. The van der Waals surface area contributed by atoms with Gasteiger partial charge >= 0.3 is 0 Å². The van der Waals surface area contributed by atoms with Crippen LogP contribution in [-0.4, -0.2) is 22.7 Å². The quantitative estimate of drug-likeness (QED) is 0.562. The summed E-state index contributed by atoms with van der Waals surface area (Å²) in [4.78, 5) is 20.1. The maximum atomic E-state index is 12.9. The van der Waals surface area contributed by atoms with Crippen molar-refractivity contribution in [3.63, 3.8) is 0 Å². The molecule has 0 fully saturated rings. The van der Waals surface area contributed by atoms with E-state index in [4.69, 9.17) is 10.5 Å². The number of aromatic nitrogens is 2. The average molecular weight is 390 g/mol. The normalized spacial score (nSPS) is 13.4. The number of anilines is 3. The number of rotatable bonds is 2. The topological polar surface area (TPSA) is 73.4 Å². The second-order valence-electron chi connectivity index (χ2n) is 6.70. The Hall–Kier alpha value is -3.32. The van der Waals surface area contributed by atoms with Gasteiger partial charge in [-0.1, -0.05) is 18.2 Å². The second-order valence-corrected chi connectivity index (χ2v) is 7.56. The molecule has 0 unspecified atom stereocenters. The van der Waals surface area contributed by atoms with Crippen molar-refractivity contribution in [2.45, 2.75) is 6.92 Å². The SMILES string of the molecule is Cc1csc2nc(N)c(=O)n(-c3ccc4c(c3)N(c3ccccc3)CCO4)c12. The lowest BCUT2D eigenvalue weighted by atomic mass is 10.1. The van der Waals surface area contributed by atoms with E-state index in [1.54, 1.807) is 4.57 Å². The molecule has 1 aliphatic rings. The highest BCUT2D eigenvalue weighted by Crippen LogP contribution is 2.38. The van der Waals surface area contributed by atoms with Gasteiger partial charge in [0.05, 0.1) is 23.4 Å². The summed E-state index contributed by atoms with van der Waals surface area (Å²) in [6, 6.07) is 16.0. The molecule has 7 heteroatoms. The molecule has 2 aromatic carbocycles. The average Bonchev–Trinajstić information content (AvgIpc) is 3.09. The molecule has 1 aliphatic heterocycles. The molecule has 0 aliphatic carbocycles. The van der Waals surface area contributed by atoms with Gasteiger partial charge in [-0.15, -0.1) is 11.3 Å². The summed E-state index contributed by atoms with van der Waals surface area (Å²) in [6.45, 7) is 3.32. The van der Waals surface area contributed by atoms with E-state index in [9.17, 15) is 4.79 Å². The molecule has 6 nitrogen and oxygen atoms in total. The minimum Gasteiger partial charge on any atom is -0.490 e. The zero-order chi connectivity index (χ0) is 19.3. The summed E-state index contributed by atoms with van der Waals surface area (Å²) >= 11 is 1.49. The third-order valence-electron chi connectivity index (χ3n) is 4.92. The molecule has 2 N–H and O–H groups in total. The number of aryl methyl sites for hydroxylation is 1. The Morgan fingerprint density at radius 3 is 2.79 bits per heavy atom. The number of hydrogen-bond donors (Lipinski definition) is 1. The van der Waals surface area contributed by atoms with Crippen molar-refractivity contribution < 1.29 is 4.74 Å². The van der Waals surface area contributed by atoms with Gasteiger partial charge in [0.25, 0.3) is 5.56 Å². The van der Waals surface area contributed by atoms with E-state index >= 15 is 0 Å². The van der Waals surface area contributed by atoms with Gasteiger partial charge in [-0.2, -0.15) is 0 Å². The fourth-order valence-electron chi connectivity index (χ4n) is 3.62. The van der Waals surface area contributed by atoms with Gasteiger partial charge in [0, 0.05) is 5.69 Å². The number of fused-ring (bicyclic) bond motifs is 2. The molecule has 0 amide bonds. The van der Waals surface area contributed by atoms with Crippen LogP contribution in [0.15, 0.2) is 58.7 Å². The zero-order valence-corrected chi connectivity index (χ0v) is 16.1. The lowest BCUT2D eigenvalue weighted by Crippen LogP contribution is -2.29. The smallest absolute Gasteiger partial charge is 0.298 e. The standard InChI is InChI=1S/C21H18N4O2S/c1-13-12-28-20-18(13)25(21(26)19(22)23-20)15-7-8-17-16(11-15)24(9-10-27-17)14-5-3-2-4-6-14/h2-8,11-12H,9-10H2,1H3,(H2,22,23). The molecular formula is C21H18N4O2S. The van der Waals surface area contributed by atoms with E-state index in [1.165, 1.54) is 11.3 Å². The van der Waals surface area contributed by atoms with Crippen LogP contribution >= 0.6 is 11.3 Å². The molecule has 0 spiro atoms. The maximum absolute atomic E-state index is 12.9. The van der Waals surface area contributed by atoms with E-state index in [0.717, 1.165) is 45.3 Å². The number of benzene rings is 2. The van der Waals surface area contributed by atoms with Crippen LogP contribution in [-0.2, 0) is 0 Å². The molecule has 3 heterocycles. The van der Waals surface area contributed by atoms with Crippen molar-refractivity contribution in [3.8, 4) is 11.4 Å². The number of para-hydroxylation sites is 1. The van der Waals surface area contributed by atoms with Crippen LogP contribution in [0.3, 0.4) is 0 Å². The molecule has 0 saturated heterocycles. The third kappa shape index (κ3) is 2.55. The van der Waals surface area contributed by atoms with Crippen molar-refractivity contribution >= 4 is 38.9 Å². The van der Waals surface area contributed by atoms with E-state index in [1.807, 2.05) is 48.7 Å². The number of ether oxygens (including phenoxy) is 1. The lowest BCUT2D eigenvalue weighted by molar-refractivity contribution is 0.314. The first kappa shape index (κ1) is 16.8. The summed E-state index contributed by atoms with van der Waals surface area (Å²) in [7, 11) is 0. The Balaban J connectivity index is 1.74. The van der Waals surface area contributed by atoms with Crippen LogP contribution in [0.2, 0.25) is 0 Å². The Bertz CT molecular complexity index is 1250. The van der Waals surface area contributed by atoms with Crippen LogP contribution in [0.4, 0.5) is 17.2 Å². The van der Waals surface area contributed by atoms with Crippen LogP contribution in [0.25, 0.3) is 16.0 Å². The number of hydrogen-bond acceptors (Lipinski definition) is 6. The molecule has 5 rings (SSSR count). The number of nitrogens with zero attached hydrogens (tertiary/aromatic N) is 3. The molecule has 2 aromatic heterocycles. The molecule has 28 heavy (non-hydrogen) atoms. The second kappa shape index (κ2) is 6.38. The van der Waals surface area contributed by atoms with Crippen LogP contribution in [0, 0.1) is 6.92 Å². The highest BCUT2D eigenvalue weighted by molar-refractivity contribution is 7.16. The van der Waals surface area contributed by atoms with Gasteiger partial charge < -0.3 is 15.4 Å². The Labute approximate surface area is 165 Å². The van der Waals surface area contributed by atoms with Crippen molar-refractivity contribution in [1.29, 1.82) is 0 Å². The van der Waals surface area contributed by atoms with E-state index < -0.39 is 0 Å². The maximum Gasteiger partial charge on any atom is 0.298 e. The Morgan fingerprint density at radius 1 is 1.14 bits per heavy atom. The van der Waals surface area contributed by atoms with Crippen molar-refractivity contribution in [3.05, 3.63) is 69.8 Å². The minimum absolute atomic E-state index is 0.00300. The molecular weight excluding hydrogens is 372 g/mol. The Kier molecular flexibility index (Phi) is 3.84. The highest BCUT2D eigenvalue weighted by Gasteiger charge is 2.22. The van der Waals surface area contributed by atoms with Crippen LogP contribution in [0.1, 0.15) is 5.56 Å². The van der Waals surface area contributed by atoms with E-state index in [-0.39, 0.29) is 11.4 Å². The molecule has 0 radical (unpaired) electrons. The summed E-state index contributed by atoms with van der Waals surface area (Å²) < 4.78 is 7.51.